The van der Waals surface area contributed by atoms with Gasteiger partial charge >= 0.3 is 0 Å². The Labute approximate surface area is 117 Å². The first kappa shape index (κ1) is 13.6. The van der Waals surface area contributed by atoms with Gasteiger partial charge in [-0.05, 0) is 18.9 Å². The second-order valence-corrected chi connectivity index (χ2v) is 4.60. The van der Waals surface area contributed by atoms with Crippen molar-refractivity contribution in [1.29, 1.82) is 5.26 Å². The van der Waals surface area contributed by atoms with Crippen LogP contribution in [0.1, 0.15) is 18.4 Å². The molecule has 1 atom stereocenters. The van der Waals surface area contributed by atoms with Gasteiger partial charge in [-0.25, -0.2) is 0 Å². The number of nitriles is 1. The van der Waals surface area contributed by atoms with Crippen molar-refractivity contribution in [3.05, 3.63) is 23.9 Å². The standard InChI is InChI=1S/C12H14N6.ClH/c13-7-9-3-5-18-11(6-9)15-16-12(18)17-4-1-2-10(14)8-17;/h3,5-6,10H,1-2,4,8,14H2;1H/t10-;/m1./s1. The first-order valence-corrected chi connectivity index (χ1v) is 6.03. The number of hydrogen-bond acceptors (Lipinski definition) is 5. The van der Waals surface area contributed by atoms with Gasteiger partial charge in [-0.15, -0.1) is 22.6 Å². The topological polar surface area (TPSA) is 83.2 Å². The van der Waals surface area contributed by atoms with E-state index in [1.54, 1.807) is 12.1 Å². The maximum atomic E-state index is 8.85. The number of piperidine rings is 1. The molecule has 0 aromatic carbocycles. The molecule has 3 rings (SSSR count). The van der Waals surface area contributed by atoms with Gasteiger partial charge in [0.15, 0.2) is 5.65 Å². The third-order valence-electron chi connectivity index (χ3n) is 3.26. The van der Waals surface area contributed by atoms with Crippen molar-refractivity contribution in [2.75, 3.05) is 18.0 Å². The molecule has 0 amide bonds. The van der Waals surface area contributed by atoms with Gasteiger partial charge in [0.2, 0.25) is 5.95 Å². The zero-order chi connectivity index (χ0) is 12.5. The number of fused-ring (bicyclic) bond motifs is 1. The third kappa shape index (κ3) is 2.48. The Kier molecular flexibility index (Phi) is 3.88. The lowest BCUT2D eigenvalue weighted by Crippen LogP contribution is -2.43. The summed E-state index contributed by atoms with van der Waals surface area (Å²) in [6.45, 7) is 1.76. The van der Waals surface area contributed by atoms with E-state index in [0.29, 0.717) is 11.2 Å². The Morgan fingerprint density at radius 1 is 1.42 bits per heavy atom. The van der Waals surface area contributed by atoms with E-state index in [1.807, 2.05) is 10.6 Å². The molecule has 1 saturated heterocycles. The van der Waals surface area contributed by atoms with Crippen molar-refractivity contribution in [3.8, 4) is 6.07 Å². The molecule has 7 heteroatoms. The number of nitrogens with zero attached hydrogens (tertiary/aromatic N) is 5. The highest BCUT2D eigenvalue weighted by atomic mass is 35.5. The molecule has 0 unspecified atom stereocenters. The largest absolute Gasteiger partial charge is 0.339 e. The average molecular weight is 279 g/mol. The minimum atomic E-state index is 0. The van der Waals surface area contributed by atoms with Crippen LogP contribution in [0.4, 0.5) is 5.95 Å². The molecular weight excluding hydrogens is 264 g/mol. The lowest BCUT2D eigenvalue weighted by Gasteiger charge is -2.30. The SMILES string of the molecule is Cl.N#Cc1ccn2c(N3CCC[C@@H](N)C3)nnc2c1. The van der Waals surface area contributed by atoms with Crippen molar-refractivity contribution in [2.24, 2.45) is 5.73 Å². The zero-order valence-electron chi connectivity index (χ0n) is 10.4. The van der Waals surface area contributed by atoms with Crippen molar-refractivity contribution in [2.45, 2.75) is 18.9 Å². The fourth-order valence-corrected chi connectivity index (χ4v) is 2.36. The number of aromatic nitrogens is 3. The van der Waals surface area contributed by atoms with E-state index in [1.165, 1.54) is 0 Å². The highest BCUT2D eigenvalue weighted by Gasteiger charge is 2.20. The van der Waals surface area contributed by atoms with Crippen LogP contribution in [-0.2, 0) is 0 Å². The third-order valence-corrected chi connectivity index (χ3v) is 3.26. The van der Waals surface area contributed by atoms with Gasteiger partial charge < -0.3 is 10.6 Å². The second-order valence-electron chi connectivity index (χ2n) is 4.60. The monoisotopic (exact) mass is 278 g/mol. The van der Waals surface area contributed by atoms with Crippen LogP contribution in [0.25, 0.3) is 5.65 Å². The molecule has 0 aliphatic carbocycles. The Balaban J connectivity index is 0.00000133. The molecule has 0 spiro atoms. The van der Waals surface area contributed by atoms with Crippen molar-refractivity contribution >= 4 is 24.0 Å². The molecule has 6 nitrogen and oxygen atoms in total. The van der Waals surface area contributed by atoms with Crippen molar-refractivity contribution < 1.29 is 0 Å². The Hall–Kier alpha value is -1.84. The molecule has 3 heterocycles. The normalized spacial score (nSPS) is 18.9. The number of nitrogens with two attached hydrogens (primary N) is 1. The number of hydrogen-bond donors (Lipinski definition) is 1. The summed E-state index contributed by atoms with van der Waals surface area (Å²) < 4.78 is 1.90. The van der Waals surface area contributed by atoms with E-state index in [9.17, 15) is 0 Å². The Morgan fingerprint density at radius 2 is 2.26 bits per heavy atom. The summed E-state index contributed by atoms with van der Waals surface area (Å²) in [5.74, 6) is 0.810. The molecule has 1 aliphatic rings. The van der Waals surface area contributed by atoms with E-state index < -0.39 is 0 Å². The number of pyridine rings is 1. The van der Waals surface area contributed by atoms with E-state index in [0.717, 1.165) is 31.9 Å². The maximum Gasteiger partial charge on any atom is 0.231 e. The molecule has 2 aromatic heterocycles. The molecule has 2 aromatic rings. The molecule has 0 saturated carbocycles. The van der Waals surface area contributed by atoms with Gasteiger partial charge in [0.1, 0.15) is 0 Å². The van der Waals surface area contributed by atoms with Gasteiger partial charge in [0.25, 0.3) is 0 Å². The van der Waals surface area contributed by atoms with E-state index >= 15 is 0 Å². The minimum absolute atomic E-state index is 0. The molecule has 100 valence electrons. The van der Waals surface area contributed by atoms with Crippen LogP contribution < -0.4 is 10.6 Å². The van der Waals surface area contributed by atoms with Crippen LogP contribution in [-0.4, -0.2) is 33.7 Å². The minimum Gasteiger partial charge on any atom is -0.339 e. The van der Waals surface area contributed by atoms with Gasteiger partial charge in [-0.1, -0.05) is 0 Å². The van der Waals surface area contributed by atoms with Gasteiger partial charge in [0, 0.05) is 31.4 Å². The van der Waals surface area contributed by atoms with Crippen LogP contribution in [0.15, 0.2) is 18.3 Å². The Morgan fingerprint density at radius 3 is 3.00 bits per heavy atom. The number of halogens is 1. The predicted molar refractivity (Wildman–Crippen MR) is 74.4 cm³/mol. The fraction of sp³-hybridized carbons (Fsp3) is 0.417. The first-order chi connectivity index (χ1) is 8.78. The smallest absolute Gasteiger partial charge is 0.231 e. The summed E-state index contributed by atoms with van der Waals surface area (Å²) in [6, 6.07) is 5.80. The lowest BCUT2D eigenvalue weighted by atomic mass is 10.1. The number of rotatable bonds is 1. The van der Waals surface area contributed by atoms with Gasteiger partial charge in [0.05, 0.1) is 11.6 Å². The molecule has 19 heavy (non-hydrogen) atoms. The average Bonchev–Trinajstić information content (AvgIpc) is 2.81. The van der Waals surface area contributed by atoms with Crippen LogP contribution >= 0.6 is 12.4 Å². The van der Waals surface area contributed by atoms with Crippen molar-refractivity contribution in [1.82, 2.24) is 14.6 Å². The van der Waals surface area contributed by atoms with E-state index in [2.05, 4.69) is 21.2 Å². The predicted octanol–water partition coefficient (Wildman–Crippen LogP) is 0.950. The van der Waals surface area contributed by atoms with E-state index in [4.69, 9.17) is 11.0 Å². The molecule has 0 bridgehead atoms. The molecule has 2 N–H and O–H groups in total. The molecule has 0 radical (unpaired) electrons. The van der Waals surface area contributed by atoms with Gasteiger partial charge in [-0.3, -0.25) is 4.40 Å². The Bertz CT molecular complexity index is 616. The second kappa shape index (κ2) is 5.43. The fourth-order valence-electron chi connectivity index (χ4n) is 2.36. The highest BCUT2D eigenvalue weighted by Crippen LogP contribution is 2.18. The number of anilines is 1. The summed E-state index contributed by atoms with van der Waals surface area (Å²) in [7, 11) is 0. The van der Waals surface area contributed by atoms with Crippen LogP contribution in [0.2, 0.25) is 0 Å². The summed E-state index contributed by atoms with van der Waals surface area (Å²) in [5, 5.41) is 17.2. The summed E-state index contributed by atoms with van der Waals surface area (Å²) in [5.41, 5.74) is 7.27. The van der Waals surface area contributed by atoms with Crippen LogP contribution in [0.5, 0.6) is 0 Å². The summed E-state index contributed by atoms with van der Waals surface area (Å²) in [6.07, 6.45) is 3.97. The van der Waals surface area contributed by atoms with Crippen LogP contribution in [0.3, 0.4) is 0 Å². The highest BCUT2D eigenvalue weighted by molar-refractivity contribution is 5.85. The van der Waals surface area contributed by atoms with E-state index in [-0.39, 0.29) is 18.4 Å². The summed E-state index contributed by atoms with van der Waals surface area (Å²) >= 11 is 0. The zero-order valence-corrected chi connectivity index (χ0v) is 11.2. The molecular formula is C12H15ClN6. The van der Waals surface area contributed by atoms with Crippen LogP contribution in [0, 0.1) is 11.3 Å². The lowest BCUT2D eigenvalue weighted by molar-refractivity contribution is 0.499. The maximum absolute atomic E-state index is 8.85. The van der Waals surface area contributed by atoms with Crippen molar-refractivity contribution in [3.63, 3.8) is 0 Å². The summed E-state index contributed by atoms with van der Waals surface area (Å²) in [4.78, 5) is 2.15. The first-order valence-electron chi connectivity index (χ1n) is 6.03. The quantitative estimate of drug-likeness (QED) is 0.840. The van der Waals surface area contributed by atoms with Gasteiger partial charge in [-0.2, -0.15) is 5.26 Å². The molecule has 1 aliphatic heterocycles. The molecule has 1 fully saturated rings.